The van der Waals surface area contributed by atoms with Gasteiger partial charge in [-0.15, -0.1) is 6.58 Å². The highest BCUT2D eigenvalue weighted by molar-refractivity contribution is 8.16. The Morgan fingerprint density at radius 2 is 0.776 bits per heavy atom. The predicted octanol–water partition coefficient (Wildman–Crippen LogP) is 14.6. The van der Waals surface area contributed by atoms with Crippen molar-refractivity contribution in [3.63, 3.8) is 0 Å². The topological polar surface area (TPSA) is 211 Å². The van der Waals surface area contributed by atoms with Gasteiger partial charge in [0.05, 0.1) is 30.1 Å². The van der Waals surface area contributed by atoms with E-state index in [1.165, 1.54) is 30.0 Å². The van der Waals surface area contributed by atoms with E-state index in [2.05, 4.69) is 122 Å². The van der Waals surface area contributed by atoms with Gasteiger partial charge >= 0.3 is 17.9 Å². The minimum atomic E-state index is -4.08. The number of halogens is 1. The summed E-state index contributed by atoms with van der Waals surface area (Å²) >= 11 is 0. The molecule has 3 aromatic heterocycles. The maximum absolute atomic E-state index is 15.7. The number of hydrogen-bond acceptors (Lipinski definition) is 12. The Kier molecular flexibility index (Phi) is 28.0. The summed E-state index contributed by atoms with van der Waals surface area (Å²) in [5, 5.41) is 4.79. The van der Waals surface area contributed by atoms with Crippen LogP contribution in [0.15, 0.2) is 256 Å². The monoisotopic (exact) mass is 1570 g/mol. The van der Waals surface area contributed by atoms with E-state index in [-0.39, 0.29) is 62.0 Å². The maximum atomic E-state index is 15.7. The Labute approximate surface area is 643 Å². The third-order valence-corrected chi connectivity index (χ3v) is 43.4. The first-order valence-electron chi connectivity index (χ1n) is 35.3. The van der Waals surface area contributed by atoms with Crippen LogP contribution in [0.4, 0.5) is 0 Å². The van der Waals surface area contributed by atoms with Crippen LogP contribution in [0.1, 0.15) is 138 Å². The van der Waals surface area contributed by atoms with Crippen molar-refractivity contribution in [1.29, 1.82) is 0 Å². The molecule has 3 atom stereocenters. The number of aryl methyl sites for hydroxylation is 3. The zero-order valence-corrected chi connectivity index (χ0v) is 70.9. The van der Waals surface area contributed by atoms with Gasteiger partial charge in [-0.1, -0.05) is 302 Å². The van der Waals surface area contributed by atoms with Crippen LogP contribution in [0, 0.1) is 5.92 Å². The number of aromatic nitrogens is 3. The van der Waals surface area contributed by atoms with Gasteiger partial charge in [-0.3, -0.25) is 0 Å². The fourth-order valence-electron chi connectivity index (χ4n) is 13.7. The van der Waals surface area contributed by atoms with Crippen molar-refractivity contribution in [3.8, 4) is 0 Å². The van der Waals surface area contributed by atoms with E-state index in [9.17, 15) is 27.0 Å². The number of carbonyl (C=O) groups is 3. The Balaban J connectivity index is 0.000000225. The smallest absolute Gasteiger partial charge is 0.355 e. The molecule has 0 aliphatic heterocycles. The molecule has 0 fully saturated rings. The van der Waals surface area contributed by atoms with Crippen LogP contribution < -0.4 is 40.2 Å². The zero-order valence-electron chi connectivity index (χ0n) is 64.7. The van der Waals surface area contributed by atoms with Gasteiger partial charge in [-0.2, -0.15) is 0 Å². The van der Waals surface area contributed by atoms with Gasteiger partial charge in [0, 0.05) is 73.1 Å². The summed E-state index contributed by atoms with van der Waals surface area (Å²) in [7, 11) is -7.15. The van der Waals surface area contributed by atoms with E-state index in [1.54, 1.807) is 68.7 Å². The van der Waals surface area contributed by atoms with Crippen molar-refractivity contribution in [3.05, 3.63) is 267 Å². The van der Waals surface area contributed by atoms with Crippen molar-refractivity contribution >= 4 is 132 Å². The fourth-order valence-corrected chi connectivity index (χ4v) is 40.5. The lowest BCUT2D eigenvalue weighted by Crippen LogP contribution is -2.74. The van der Waals surface area contributed by atoms with Gasteiger partial charge in [-0.05, 0) is 66.0 Å². The molecule has 0 aliphatic rings. The molecule has 107 heavy (non-hydrogen) atoms. The first-order chi connectivity index (χ1) is 50.3. The Hall–Kier alpha value is -8.76. The van der Waals surface area contributed by atoms with Crippen LogP contribution in [0.2, 0.25) is 15.1 Å². The standard InChI is InChI=1S/C32H43N3O3SSi.C26H32N2O4SSi.C25H29ClN2O3SSi/c1-10-27-29(23-35(9)30(27)31(36)38-12-3)39(37,33-28(11-2)24(4)5)34-40(32(6,7)8,25-19-15-13-16-20-25)26-21-17-14-18-22-26;1-7-22-23(19-28(6)24(22)25(29)32-8-2)33(30,31)27-34(26(3,4)5,20-15-11-9-12-16-20)21-17-13-10-14-18-21;1-7-21-22(18-28(5)23(21)24(29)31-6)32(26,30)27-33(25(2,3)4,19-14-10-8-11-15-19)20-16-12-9-13-17-20/h10-11,13-24,28H,1-2,12H2,3-9H3,(H,33,34,37);7,9-19,27H,1,8H2,2-6H3;7-18H,1H2,2-6H3/t28-,39?;;/m0../s1. The molecule has 0 bridgehead atoms. The average Bonchev–Trinajstić information content (AvgIpc) is 1.61. The Morgan fingerprint density at radius 1 is 0.477 bits per heavy atom. The molecular weight excluding hydrogens is 1470 g/mol. The lowest BCUT2D eigenvalue weighted by atomic mass is 10.1. The van der Waals surface area contributed by atoms with Crippen LogP contribution in [0.5, 0.6) is 0 Å². The highest BCUT2D eigenvalue weighted by Crippen LogP contribution is 2.43. The molecule has 9 aromatic rings. The van der Waals surface area contributed by atoms with Crippen LogP contribution >= 0.6 is 10.7 Å². The maximum Gasteiger partial charge on any atom is 0.355 e. The summed E-state index contributed by atoms with van der Waals surface area (Å²) in [6, 6.07) is 59.4. The molecule has 0 saturated heterocycles. The van der Waals surface area contributed by atoms with E-state index < -0.39 is 76.5 Å². The number of sulfonamides is 1. The van der Waals surface area contributed by atoms with Crippen molar-refractivity contribution in [2.45, 2.75) is 126 Å². The minimum Gasteiger partial charge on any atom is -0.464 e. The number of nitrogens with one attached hydrogen (secondary N) is 2. The van der Waals surface area contributed by atoms with E-state index in [0.29, 0.717) is 21.7 Å². The highest BCUT2D eigenvalue weighted by atomic mass is 35.7. The molecular formula is C83H104ClN7O10S3Si3. The number of hydrogen-bond donors (Lipinski definition) is 2. The van der Waals surface area contributed by atoms with E-state index >= 15 is 4.21 Å². The lowest BCUT2D eigenvalue weighted by Gasteiger charge is -2.43. The Bertz CT molecular complexity index is 4910. The van der Waals surface area contributed by atoms with E-state index in [4.69, 9.17) is 32.9 Å². The zero-order chi connectivity index (χ0) is 79.3. The van der Waals surface area contributed by atoms with Crippen molar-refractivity contribution < 1.29 is 45.4 Å². The summed E-state index contributed by atoms with van der Waals surface area (Å²) < 4.78 is 95.5. The summed E-state index contributed by atoms with van der Waals surface area (Å²) in [5.74, 6) is -1.56. The van der Waals surface area contributed by atoms with E-state index in [1.807, 2.05) is 172 Å². The van der Waals surface area contributed by atoms with Gasteiger partial charge in [0.15, 0.2) is 8.94 Å². The number of esters is 3. The van der Waals surface area contributed by atoms with Gasteiger partial charge in [0.2, 0.25) is 18.3 Å². The summed E-state index contributed by atoms with van der Waals surface area (Å²) in [6.45, 7) is 42.6. The van der Waals surface area contributed by atoms with Gasteiger partial charge in [0.25, 0.3) is 16.5 Å². The number of ether oxygens (including phenoxy) is 3. The molecule has 0 amide bonds. The fraction of sp³-hybridized carbons (Fsp3) is 0.289. The molecule has 0 spiro atoms. The number of rotatable bonds is 25. The summed E-state index contributed by atoms with van der Waals surface area (Å²) in [6.07, 6.45) is 11.0. The number of nitrogens with zero attached hydrogens (tertiary/aromatic N) is 5. The molecule has 6 aromatic carbocycles. The van der Waals surface area contributed by atoms with Crippen molar-refractivity contribution in [2.24, 2.45) is 35.1 Å². The molecule has 568 valence electrons. The molecule has 2 unspecified atom stereocenters. The SMILES string of the molecule is C=Cc1c(S(=O)(=N[Si](c2ccccc2)(c2ccccc2)C(C)(C)C)N[C@@H](C=C)C(C)C)cn(C)c1C(=O)OCC.C=Cc1c(S(=O)(=O)N[Si](c2ccccc2)(c2ccccc2)C(C)(C)C)cn(C)c1C(=O)OCC.C=Cc1c(S(=O)(Cl)=N[Si](c2ccccc2)(c2ccccc2)C(C)(C)C)cn(C)c1C(=O)OC. The normalized spacial score (nSPS) is 13.5. The molecule has 3 heterocycles. The van der Waals surface area contributed by atoms with Crippen molar-refractivity contribution in [1.82, 2.24) is 22.8 Å². The molecule has 24 heteroatoms. The average molecular weight is 1580 g/mol. The highest BCUT2D eigenvalue weighted by Gasteiger charge is 2.54. The first kappa shape index (κ1) is 85.5. The second-order valence-electron chi connectivity index (χ2n) is 29.2. The summed E-state index contributed by atoms with van der Waals surface area (Å²) in [5.41, 5.74) is 1.72. The van der Waals surface area contributed by atoms with Gasteiger partial charge in [-0.25, -0.2) is 48.4 Å². The number of carbonyl (C=O) groups excluding carboxylic acids is 3. The minimum absolute atomic E-state index is 0.000963. The number of methoxy groups -OCH3 is 1. The third-order valence-electron chi connectivity index (χ3n) is 18.9. The second-order valence-corrected chi connectivity index (χ2v) is 49.5. The molecule has 9 rings (SSSR count). The molecule has 0 radical (unpaired) electrons. The summed E-state index contributed by atoms with van der Waals surface area (Å²) in [4.78, 5) is 38.7. The molecule has 0 saturated carbocycles. The van der Waals surface area contributed by atoms with Crippen LogP contribution in [-0.2, 0) is 64.2 Å². The van der Waals surface area contributed by atoms with Gasteiger partial charge in [0.1, 0.15) is 31.9 Å². The Morgan fingerprint density at radius 3 is 1.07 bits per heavy atom. The van der Waals surface area contributed by atoms with Crippen LogP contribution in [-0.4, -0.2) is 99.5 Å². The molecule has 17 nitrogen and oxygen atoms in total. The van der Waals surface area contributed by atoms with Crippen molar-refractivity contribution in [2.75, 3.05) is 20.3 Å². The van der Waals surface area contributed by atoms with Gasteiger partial charge < -0.3 is 27.9 Å². The quantitative estimate of drug-likeness (QED) is 0.0182. The second kappa shape index (κ2) is 35.1. The van der Waals surface area contributed by atoms with Crippen LogP contribution in [0.25, 0.3) is 18.2 Å². The third kappa shape index (κ3) is 17.7. The first-order valence-corrected chi connectivity index (χ1v) is 46.5. The van der Waals surface area contributed by atoms with E-state index in [0.717, 1.165) is 31.1 Å². The molecule has 2 N–H and O–H groups in total. The largest absolute Gasteiger partial charge is 0.464 e. The van der Waals surface area contributed by atoms with Crippen LogP contribution in [0.3, 0.4) is 0 Å². The predicted molar refractivity (Wildman–Crippen MR) is 448 cm³/mol. The molecule has 0 aliphatic carbocycles. The number of benzene rings is 6. The lowest BCUT2D eigenvalue weighted by molar-refractivity contribution is 0.0505.